The lowest BCUT2D eigenvalue weighted by Gasteiger charge is -2.14. The molecule has 4 nitrogen and oxygen atoms in total. The first-order chi connectivity index (χ1) is 9.16. The molecule has 0 N–H and O–H groups in total. The molecule has 0 amide bonds. The molecule has 0 spiro atoms. The van der Waals surface area contributed by atoms with Crippen molar-refractivity contribution in [1.29, 1.82) is 0 Å². The number of benzene rings is 1. The lowest BCUT2D eigenvalue weighted by atomic mass is 10.1. The van der Waals surface area contributed by atoms with Crippen molar-refractivity contribution in [1.82, 2.24) is 0 Å². The molecule has 112 valence electrons. The van der Waals surface area contributed by atoms with Crippen LogP contribution in [0.3, 0.4) is 0 Å². The number of hydrogen-bond donors (Lipinski definition) is 0. The van der Waals surface area contributed by atoms with E-state index >= 15 is 0 Å². The van der Waals surface area contributed by atoms with Gasteiger partial charge in [0.2, 0.25) is 0 Å². The van der Waals surface area contributed by atoms with Gasteiger partial charge >= 0.3 is 5.97 Å². The molecule has 1 unspecified atom stereocenters. The Morgan fingerprint density at radius 3 is 2.55 bits per heavy atom. The zero-order valence-electron chi connectivity index (χ0n) is 11.4. The smallest absolute Gasteiger partial charge is 0.338 e. The van der Waals surface area contributed by atoms with E-state index in [1.165, 1.54) is 6.92 Å². The maximum absolute atomic E-state index is 13.5. The van der Waals surface area contributed by atoms with Gasteiger partial charge in [0.25, 0.3) is 9.05 Å². The molecule has 0 aliphatic heterocycles. The molecule has 0 saturated heterocycles. The number of rotatable bonds is 5. The van der Waals surface area contributed by atoms with Gasteiger partial charge in [-0.15, -0.1) is 0 Å². The van der Waals surface area contributed by atoms with Gasteiger partial charge in [-0.3, -0.25) is 0 Å². The third-order valence-electron chi connectivity index (χ3n) is 2.81. The van der Waals surface area contributed by atoms with Crippen molar-refractivity contribution in [2.45, 2.75) is 44.6 Å². The van der Waals surface area contributed by atoms with E-state index in [4.69, 9.17) is 15.4 Å². The Bertz CT molecular complexity index is 613. The largest absolute Gasteiger partial charge is 0.459 e. The molecule has 0 aliphatic carbocycles. The molecule has 0 fully saturated rings. The molecule has 0 aliphatic rings. The molecule has 0 saturated carbocycles. The van der Waals surface area contributed by atoms with Crippen molar-refractivity contribution in [2.75, 3.05) is 0 Å². The first-order valence-corrected chi connectivity index (χ1v) is 8.43. The minimum absolute atomic E-state index is 0.0788. The van der Waals surface area contributed by atoms with Crippen LogP contribution >= 0.6 is 10.7 Å². The molecule has 7 heteroatoms. The highest BCUT2D eigenvalue weighted by atomic mass is 35.7. The van der Waals surface area contributed by atoms with Crippen molar-refractivity contribution in [3.05, 3.63) is 29.1 Å². The third-order valence-corrected chi connectivity index (χ3v) is 4.26. The second-order valence-corrected chi connectivity index (χ2v) is 7.05. The number of ether oxygens (including phenoxy) is 1. The highest BCUT2D eigenvalue weighted by Crippen LogP contribution is 2.25. The van der Waals surface area contributed by atoms with Crippen LogP contribution in [0.25, 0.3) is 0 Å². The number of halogens is 2. The minimum atomic E-state index is -4.13. The predicted octanol–water partition coefficient (Wildman–Crippen LogP) is 3.41. The topological polar surface area (TPSA) is 60.4 Å². The maximum Gasteiger partial charge on any atom is 0.338 e. The van der Waals surface area contributed by atoms with Gasteiger partial charge in [-0.1, -0.05) is 13.3 Å². The first-order valence-electron chi connectivity index (χ1n) is 6.12. The average Bonchev–Trinajstić information content (AvgIpc) is 2.30. The van der Waals surface area contributed by atoms with Gasteiger partial charge < -0.3 is 4.74 Å². The summed E-state index contributed by atoms with van der Waals surface area (Å²) in [6.07, 6.45) is 1.17. The van der Waals surface area contributed by atoms with E-state index in [0.717, 1.165) is 18.6 Å². The van der Waals surface area contributed by atoms with E-state index in [-0.39, 0.29) is 17.2 Å². The summed E-state index contributed by atoms with van der Waals surface area (Å²) in [6.45, 7) is 5.04. The zero-order chi connectivity index (χ0) is 15.5. The van der Waals surface area contributed by atoms with Crippen LogP contribution in [-0.2, 0) is 13.8 Å². The van der Waals surface area contributed by atoms with Gasteiger partial charge in [0.15, 0.2) is 0 Å². The van der Waals surface area contributed by atoms with E-state index in [1.54, 1.807) is 6.92 Å². The Kier molecular flexibility index (Phi) is 5.53. The minimum Gasteiger partial charge on any atom is -0.459 e. The van der Waals surface area contributed by atoms with E-state index in [0.29, 0.717) is 6.42 Å². The van der Waals surface area contributed by atoms with Crippen molar-refractivity contribution in [3.8, 4) is 0 Å². The summed E-state index contributed by atoms with van der Waals surface area (Å²) in [5.74, 6) is -1.62. The third kappa shape index (κ3) is 4.18. The molecular formula is C13H16ClFO4S. The number of hydrogen-bond acceptors (Lipinski definition) is 4. The van der Waals surface area contributed by atoms with Gasteiger partial charge in [0.05, 0.1) is 16.6 Å². The van der Waals surface area contributed by atoms with E-state index in [9.17, 15) is 17.6 Å². The van der Waals surface area contributed by atoms with Gasteiger partial charge in [0, 0.05) is 10.7 Å². The molecule has 0 bridgehead atoms. The second-order valence-electron chi connectivity index (χ2n) is 4.52. The summed E-state index contributed by atoms with van der Waals surface area (Å²) in [6, 6.07) is 1.73. The summed E-state index contributed by atoms with van der Waals surface area (Å²) >= 11 is 0. The van der Waals surface area contributed by atoms with Crippen LogP contribution in [0.1, 0.15) is 42.6 Å². The fourth-order valence-electron chi connectivity index (χ4n) is 1.83. The average molecular weight is 323 g/mol. The van der Waals surface area contributed by atoms with Gasteiger partial charge in [-0.2, -0.15) is 0 Å². The fourth-order valence-corrected chi connectivity index (χ4v) is 3.04. The molecular weight excluding hydrogens is 307 g/mol. The summed E-state index contributed by atoms with van der Waals surface area (Å²) in [4.78, 5) is 11.5. The Morgan fingerprint density at radius 1 is 1.45 bits per heavy atom. The normalized spacial score (nSPS) is 13.1. The van der Waals surface area contributed by atoms with E-state index in [1.807, 2.05) is 6.92 Å². The lowest BCUT2D eigenvalue weighted by molar-refractivity contribution is 0.0321. The first kappa shape index (κ1) is 16.9. The predicted molar refractivity (Wildman–Crippen MR) is 74.0 cm³/mol. The molecule has 1 rings (SSSR count). The monoisotopic (exact) mass is 322 g/mol. The van der Waals surface area contributed by atoms with E-state index < -0.39 is 25.7 Å². The number of carbonyl (C=O) groups excluding carboxylic acids is 1. The summed E-state index contributed by atoms with van der Waals surface area (Å²) in [7, 11) is 1.10. The van der Waals surface area contributed by atoms with Crippen LogP contribution in [-0.4, -0.2) is 20.5 Å². The molecule has 0 heterocycles. The van der Waals surface area contributed by atoms with Crippen LogP contribution in [0.5, 0.6) is 0 Å². The van der Waals surface area contributed by atoms with Crippen molar-refractivity contribution >= 4 is 25.7 Å². The van der Waals surface area contributed by atoms with Crippen molar-refractivity contribution < 1.29 is 22.3 Å². The van der Waals surface area contributed by atoms with E-state index in [2.05, 4.69) is 0 Å². The number of esters is 1. The standard InChI is InChI=1S/C13H16ClFO4S/c1-4-5-8(2)19-13(16)11-6-10(15)7-12(9(11)3)20(14,17)18/h6-8H,4-5H2,1-3H3. The maximum atomic E-state index is 13.5. The Balaban J connectivity index is 3.19. The molecule has 1 atom stereocenters. The Labute approximate surface area is 122 Å². The van der Waals surface area contributed by atoms with Crippen LogP contribution < -0.4 is 0 Å². The van der Waals surface area contributed by atoms with Crippen LogP contribution in [0.2, 0.25) is 0 Å². The van der Waals surface area contributed by atoms with Gasteiger partial charge in [-0.25, -0.2) is 17.6 Å². The SMILES string of the molecule is CCCC(C)OC(=O)c1cc(F)cc(S(=O)(=O)Cl)c1C. The Morgan fingerprint density at radius 2 is 2.05 bits per heavy atom. The highest BCUT2D eigenvalue weighted by molar-refractivity contribution is 8.13. The zero-order valence-corrected chi connectivity index (χ0v) is 13.0. The molecule has 1 aromatic rings. The Hall–Kier alpha value is -1.14. The second kappa shape index (κ2) is 6.54. The van der Waals surface area contributed by atoms with Gasteiger partial charge in [-0.05, 0) is 38.0 Å². The molecule has 0 radical (unpaired) electrons. The van der Waals surface area contributed by atoms with Crippen LogP contribution in [0.15, 0.2) is 17.0 Å². The van der Waals surface area contributed by atoms with Crippen molar-refractivity contribution in [2.24, 2.45) is 0 Å². The highest BCUT2D eigenvalue weighted by Gasteiger charge is 2.22. The molecule has 1 aromatic carbocycles. The molecule has 20 heavy (non-hydrogen) atoms. The summed E-state index contributed by atoms with van der Waals surface area (Å²) in [5.41, 5.74) is -0.0534. The quantitative estimate of drug-likeness (QED) is 0.615. The van der Waals surface area contributed by atoms with Crippen molar-refractivity contribution in [3.63, 3.8) is 0 Å². The molecule has 0 aromatic heterocycles. The summed E-state index contributed by atoms with van der Waals surface area (Å²) < 4.78 is 41.3. The number of carbonyl (C=O) groups is 1. The van der Waals surface area contributed by atoms with Crippen LogP contribution in [0.4, 0.5) is 4.39 Å². The van der Waals surface area contributed by atoms with Crippen LogP contribution in [0, 0.1) is 12.7 Å². The fraction of sp³-hybridized carbons (Fsp3) is 0.462. The lowest BCUT2D eigenvalue weighted by Crippen LogP contribution is -2.16. The summed E-state index contributed by atoms with van der Waals surface area (Å²) in [5, 5.41) is 0. The van der Waals surface area contributed by atoms with Gasteiger partial charge in [0.1, 0.15) is 5.82 Å².